The van der Waals surface area contributed by atoms with E-state index in [1.807, 2.05) is 16.8 Å². The van der Waals surface area contributed by atoms with Gasteiger partial charge in [-0.1, -0.05) is 0 Å². The molecule has 2 aromatic rings. The van der Waals surface area contributed by atoms with Crippen molar-refractivity contribution >= 4 is 47.7 Å². The van der Waals surface area contributed by atoms with E-state index in [0.717, 1.165) is 25.2 Å². The van der Waals surface area contributed by atoms with Crippen molar-refractivity contribution in [2.24, 2.45) is 0 Å². The van der Waals surface area contributed by atoms with Crippen molar-refractivity contribution in [2.75, 3.05) is 38.1 Å². The van der Waals surface area contributed by atoms with Gasteiger partial charge in [0.15, 0.2) is 11.5 Å². The zero-order valence-electron chi connectivity index (χ0n) is 13.0. The molecule has 3 heterocycles. The second-order valence-electron chi connectivity index (χ2n) is 5.35. The van der Waals surface area contributed by atoms with Gasteiger partial charge in [0.2, 0.25) is 5.91 Å². The highest BCUT2D eigenvalue weighted by Crippen LogP contribution is 2.18. The van der Waals surface area contributed by atoms with Gasteiger partial charge in [-0.25, -0.2) is 15.0 Å². The fraction of sp³-hybridized carbons (Fsp3) is 0.538. The van der Waals surface area contributed by atoms with E-state index in [2.05, 4.69) is 32.2 Å². The van der Waals surface area contributed by atoms with E-state index >= 15 is 0 Å². The van der Waals surface area contributed by atoms with Crippen molar-refractivity contribution in [3.05, 3.63) is 12.7 Å². The molecule has 128 valence electrons. The summed E-state index contributed by atoms with van der Waals surface area (Å²) in [6.45, 7) is 4.71. The first kappa shape index (κ1) is 19.4. The highest BCUT2D eigenvalue weighted by atomic mass is 35.5. The van der Waals surface area contributed by atoms with Gasteiger partial charge in [0.1, 0.15) is 11.8 Å². The van der Waals surface area contributed by atoms with Crippen LogP contribution < -0.4 is 10.2 Å². The fourth-order valence-corrected chi connectivity index (χ4v) is 2.58. The summed E-state index contributed by atoms with van der Waals surface area (Å²) >= 11 is 0. The van der Waals surface area contributed by atoms with Gasteiger partial charge in [0.05, 0.1) is 12.9 Å². The highest BCUT2D eigenvalue weighted by molar-refractivity contribution is 5.87. The van der Waals surface area contributed by atoms with Crippen LogP contribution in [0.2, 0.25) is 0 Å². The molecule has 0 aromatic carbocycles. The second kappa shape index (κ2) is 8.28. The number of carbonyl (C=O) groups is 1. The van der Waals surface area contributed by atoms with Crippen LogP contribution in [0.15, 0.2) is 12.7 Å². The standard InChI is InChI=1S/C13H19N7O.2ClH/c1-9-5-20(4-3-14-9)10(21)6-19(2)13-11-12(16-7-15-11)17-8-18-13;;/h7-9,14H,3-6H2,1-2H3,(H,15,16,17,18);2*1H. The van der Waals surface area contributed by atoms with Crippen molar-refractivity contribution in [2.45, 2.75) is 13.0 Å². The van der Waals surface area contributed by atoms with Crippen molar-refractivity contribution < 1.29 is 4.79 Å². The van der Waals surface area contributed by atoms with Crippen LogP contribution in [-0.4, -0.2) is 70.0 Å². The second-order valence-corrected chi connectivity index (χ2v) is 5.35. The number of nitrogens with zero attached hydrogens (tertiary/aromatic N) is 5. The molecule has 8 nitrogen and oxygen atoms in total. The third-order valence-corrected chi connectivity index (χ3v) is 3.66. The van der Waals surface area contributed by atoms with E-state index in [1.165, 1.54) is 6.33 Å². The number of H-pyrrole nitrogens is 1. The summed E-state index contributed by atoms with van der Waals surface area (Å²) in [5, 5.41) is 3.33. The first-order valence-corrected chi connectivity index (χ1v) is 7.01. The molecule has 1 amide bonds. The molecule has 0 aliphatic carbocycles. The van der Waals surface area contributed by atoms with Crippen molar-refractivity contribution in [1.29, 1.82) is 0 Å². The molecule has 2 N–H and O–H groups in total. The Hall–Kier alpha value is -1.64. The number of hydrogen-bond acceptors (Lipinski definition) is 6. The number of rotatable bonds is 3. The zero-order valence-corrected chi connectivity index (χ0v) is 14.7. The van der Waals surface area contributed by atoms with Gasteiger partial charge >= 0.3 is 0 Å². The minimum absolute atomic E-state index is 0. The molecule has 0 spiro atoms. The number of likely N-dealkylation sites (N-methyl/N-ethyl adjacent to an activating group) is 1. The van der Waals surface area contributed by atoms with Crippen molar-refractivity contribution in [1.82, 2.24) is 30.2 Å². The summed E-state index contributed by atoms with van der Waals surface area (Å²) in [7, 11) is 1.85. The van der Waals surface area contributed by atoms with E-state index in [-0.39, 0.29) is 37.3 Å². The molecule has 10 heteroatoms. The monoisotopic (exact) mass is 361 g/mol. The van der Waals surface area contributed by atoms with E-state index in [4.69, 9.17) is 0 Å². The van der Waals surface area contributed by atoms with Gasteiger partial charge < -0.3 is 20.1 Å². The number of imidazole rings is 1. The van der Waals surface area contributed by atoms with E-state index in [9.17, 15) is 4.79 Å². The van der Waals surface area contributed by atoms with Gasteiger partial charge in [0, 0.05) is 32.7 Å². The minimum Gasteiger partial charge on any atom is -0.348 e. The minimum atomic E-state index is 0. The van der Waals surface area contributed by atoms with Crippen LogP contribution in [0.4, 0.5) is 5.82 Å². The lowest BCUT2D eigenvalue weighted by atomic mass is 10.2. The number of amides is 1. The summed E-state index contributed by atoms with van der Waals surface area (Å²) < 4.78 is 0. The molecule has 0 saturated carbocycles. The molecule has 1 aliphatic rings. The predicted octanol–water partition coefficient (Wildman–Crippen LogP) is 0.453. The largest absolute Gasteiger partial charge is 0.348 e. The Morgan fingerprint density at radius 1 is 1.39 bits per heavy atom. The average molecular weight is 362 g/mol. The highest BCUT2D eigenvalue weighted by Gasteiger charge is 2.22. The smallest absolute Gasteiger partial charge is 0.242 e. The summed E-state index contributed by atoms with van der Waals surface area (Å²) in [6.07, 6.45) is 3.04. The topological polar surface area (TPSA) is 90.0 Å². The first-order chi connectivity index (χ1) is 10.1. The van der Waals surface area contributed by atoms with Gasteiger partial charge in [-0.05, 0) is 6.92 Å². The zero-order chi connectivity index (χ0) is 14.8. The SMILES string of the molecule is CC1CN(C(=O)CN(C)c2ncnc3nc[nH]c23)CCN1.Cl.Cl. The summed E-state index contributed by atoms with van der Waals surface area (Å²) in [4.78, 5) is 31.6. The lowest BCUT2D eigenvalue weighted by Crippen LogP contribution is -2.53. The average Bonchev–Trinajstić information content (AvgIpc) is 2.95. The van der Waals surface area contributed by atoms with Crippen molar-refractivity contribution in [3.63, 3.8) is 0 Å². The molecule has 3 rings (SSSR count). The Morgan fingerprint density at radius 2 is 2.17 bits per heavy atom. The molecule has 1 fully saturated rings. The van der Waals surface area contributed by atoms with Crippen LogP contribution in [-0.2, 0) is 4.79 Å². The van der Waals surface area contributed by atoms with Gasteiger partial charge in [-0.15, -0.1) is 24.8 Å². The van der Waals surface area contributed by atoms with Crippen LogP contribution in [0.25, 0.3) is 11.2 Å². The maximum Gasteiger partial charge on any atom is 0.242 e. The Bertz CT molecular complexity index is 650. The van der Waals surface area contributed by atoms with Crippen LogP contribution in [0.1, 0.15) is 6.92 Å². The third-order valence-electron chi connectivity index (χ3n) is 3.66. The van der Waals surface area contributed by atoms with E-state index in [1.54, 1.807) is 6.33 Å². The summed E-state index contributed by atoms with van der Waals surface area (Å²) in [5.41, 5.74) is 1.36. The molecular formula is C13H21Cl2N7O. The molecule has 0 bridgehead atoms. The number of nitrogens with one attached hydrogen (secondary N) is 2. The van der Waals surface area contributed by atoms with Gasteiger partial charge in [-0.2, -0.15) is 0 Å². The van der Waals surface area contributed by atoms with E-state index in [0.29, 0.717) is 17.5 Å². The number of halogens is 2. The quantitative estimate of drug-likeness (QED) is 0.824. The fourth-order valence-electron chi connectivity index (χ4n) is 2.58. The molecule has 1 unspecified atom stereocenters. The van der Waals surface area contributed by atoms with Crippen LogP contribution in [0.5, 0.6) is 0 Å². The molecule has 1 atom stereocenters. The number of piperazine rings is 1. The first-order valence-electron chi connectivity index (χ1n) is 7.01. The van der Waals surface area contributed by atoms with Gasteiger partial charge in [0.25, 0.3) is 0 Å². The molecule has 23 heavy (non-hydrogen) atoms. The summed E-state index contributed by atoms with van der Waals surface area (Å²) in [5.74, 6) is 0.797. The Balaban J connectivity index is 0.00000132. The number of hydrogen-bond donors (Lipinski definition) is 2. The number of fused-ring (bicyclic) bond motifs is 1. The van der Waals surface area contributed by atoms with E-state index < -0.39 is 0 Å². The molecule has 2 aromatic heterocycles. The summed E-state index contributed by atoms with van der Waals surface area (Å²) in [6, 6.07) is 0.339. The number of anilines is 1. The molecule has 0 radical (unpaired) electrons. The third kappa shape index (κ3) is 4.21. The lowest BCUT2D eigenvalue weighted by Gasteiger charge is -2.33. The molecular weight excluding hydrogens is 341 g/mol. The van der Waals surface area contributed by atoms with Crippen LogP contribution >= 0.6 is 24.8 Å². The number of aromatic nitrogens is 4. The Morgan fingerprint density at radius 3 is 2.91 bits per heavy atom. The normalized spacial score (nSPS) is 17.3. The number of carbonyl (C=O) groups excluding carboxylic acids is 1. The lowest BCUT2D eigenvalue weighted by molar-refractivity contribution is -0.130. The predicted molar refractivity (Wildman–Crippen MR) is 93.5 cm³/mol. The van der Waals surface area contributed by atoms with Crippen molar-refractivity contribution in [3.8, 4) is 0 Å². The Labute approximate surface area is 146 Å². The van der Waals surface area contributed by atoms with Gasteiger partial charge in [-0.3, -0.25) is 4.79 Å². The van der Waals surface area contributed by atoms with Crippen LogP contribution in [0, 0.1) is 0 Å². The number of aromatic amines is 1. The maximum atomic E-state index is 12.4. The van der Waals surface area contributed by atoms with Crippen LogP contribution in [0.3, 0.4) is 0 Å². The molecule has 1 saturated heterocycles. The maximum absolute atomic E-state index is 12.4. The molecule has 1 aliphatic heterocycles. The Kier molecular flexibility index (Phi) is 6.99.